The van der Waals surface area contributed by atoms with E-state index in [4.69, 9.17) is 4.98 Å². The molecule has 0 aliphatic carbocycles. The monoisotopic (exact) mass is 330 g/mol. The number of amides is 1. The van der Waals surface area contributed by atoms with Crippen LogP contribution in [-0.2, 0) is 5.41 Å². The van der Waals surface area contributed by atoms with Crippen molar-refractivity contribution in [1.29, 1.82) is 0 Å². The van der Waals surface area contributed by atoms with E-state index >= 15 is 0 Å². The van der Waals surface area contributed by atoms with Crippen molar-refractivity contribution in [3.8, 4) is 0 Å². The van der Waals surface area contributed by atoms with Crippen LogP contribution in [0.25, 0.3) is 0 Å². The van der Waals surface area contributed by atoms with Gasteiger partial charge in [0.25, 0.3) is 5.91 Å². The third kappa shape index (κ3) is 3.42. The van der Waals surface area contributed by atoms with Crippen molar-refractivity contribution in [3.05, 3.63) is 40.4 Å². The fraction of sp³-hybridized carbons (Fsp3) is 0.529. The molecular formula is C17H22N4OS. The molecule has 0 aromatic carbocycles. The largest absolute Gasteiger partial charge is 0.328 e. The quantitative estimate of drug-likeness (QED) is 0.844. The first-order valence-corrected chi connectivity index (χ1v) is 8.87. The fourth-order valence-corrected chi connectivity index (χ4v) is 3.97. The molecule has 0 radical (unpaired) electrons. The summed E-state index contributed by atoms with van der Waals surface area (Å²) in [5, 5.41) is 3.15. The topological polar surface area (TPSA) is 59.0 Å². The predicted octanol–water partition coefficient (Wildman–Crippen LogP) is 3.60. The molecule has 6 heteroatoms. The molecule has 0 N–H and O–H groups in total. The molecule has 0 saturated carbocycles. The molecule has 5 nitrogen and oxygen atoms in total. The number of piperidine rings is 1. The van der Waals surface area contributed by atoms with Gasteiger partial charge in [0.15, 0.2) is 0 Å². The van der Waals surface area contributed by atoms with Crippen LogP contribution in [0.1, 0.15) is 67.3 Å². The summed E-state index contributed by atoms with van der Waals surface area (Å²) in [6.07, 6.45) is 7.80. The second kappa shape index (κ2) is 6.35. The lowest BCUT2D eigenvalue weighted by Gasteiger charge is -2.34. The summed E-state index contributed by atoms with van der Waals surface area (Å²) in [5.74, 6) is -0.0460. The highest BCUT2D eigenvalue weighted by Crippen LogP contribution is 2.35. The van der Waals surface area contributed by atoms with Crippen molar-refractivity contribution in [3.63, 3.8) is 0 Å². The Labute approximate surface area is 140 Å². The Hall–Kier alpha value is -1.82. The molecule has 3 heterocycles. The zero-order chi connectivity index (χ0) is 16.4. The van der Waals surface area contributed by atoms with Gasteiger partial charge in [0, 0.05) is 29.7 Å². The van der Waals surface area contributed by atoms with Gasteiger partial charge in [-0.1, -0.05) is 20.8 Å². The van der Waals surface area contributed by atoms with Crippen LogP contribution in [0.5, 0.6) is 0 Å². The van der Waals surface area contributed by atoms with Gasteiger partial charge in [-0.15, -0.1) is 11.3 Å². The number of hydrogen-bond acceptors (Lipinski definition) is 5. The second-order valence-electron chi connectivity index (χ2n) is 6.92. The summed E-state index contributed by atoms with van der Waals surface area (Å²) in [6, 6.07) is 0.0550. The molecule has 3 rings (SSSR count). The zero-order valence-corrected chi connectivity index (χ0v) is 14.6. The van der Waals surface area contributed by atoms with E-state index in [-0.39, 0.29) is 17.4 Å². The maximum atomic E-state index is 12.8. The van der Waals surface area contributed by atoms with Crippen molar-refractivity contribution < 1.29 is 4.79 Å². The van der Waals surface area contributed by atoms with Crippen LogP contribution in [0, 0.1) is 0 Å². The summed E-state index contributed by atoms with van der Waals surface area (Å²) < 4.78 is 0. The first kappa shape index (κ1) is 16.1. The molecule has 1 atom stereocenters. The van der Waals surface area contributed by atoms with E-state index in [0.29, 0.717) is 5.69 Å². The average molecular weight is 330 g/mol. The third-order valence-corrected chi connectivity index (χ3v) is 5.07. The Balaban J connectivity index is 1.87. The standard InChI is InChI=1S/C17H22N4OS/c1-17(2,3)14-11-23-15(20-14)13-6-4-5-9-21(13)16(22)12-10-18-7-8-19-12/h7-8,10-11,13H,4-6,9H2,1-3H3/t13-/m1/s1. The summed E-state index contributed by atoms with van der Waals surface area (Å²) in [4.78, 5) is 27.7. The number of thiazole rings is 1. The molecule has 2 aromatic heterocycles. The van der Waals surface area contributed by atoms with E-state index in [0.717, 1.165) is 36.5 Å². The van der Waals surface area contributed by atoms with Gasteiger partial charge in [-0.05, 0) is 19.3 Å². The minimum Gasteiger partial charge on any atom is -0.328 e. The number of rotatable bonds is 2. The second-order valence-corrected chi connectivity index (χ2v) is 7.81. The van der Waals surface area contributed by atoms with Crippen LogP contribution in [0.15, 0.2) is 24.0 Å². The molecule has 1 aliphatic rings. The lowest BCUT2D eigenvalue weighted by molar-refractivity contribution is 0.0604. The van der Waals surface area contributed by atoms with E-state index in [1.807, 2.05) is 4.90 Å². The van der Waals surface area contributed by atoms with Crippen LogP contribution < -0.4 is 0 Å². The third-order valence-electron chi connectivity index (χ3n) is 4.12. The maximum Gasteiger partial charge on any atom is 0.274 e. The van der Waals surface area contributed by atoms with Gasteiger partial charge in [-0.2, -0.15) is 0 Å². The van der Waals surface area contributed by atoms with Crippen molar-refractivity contribution in [2.45, 2.75) is 51.5 Å². The molecular weight excluding hydrogens is 308 g/mol. The SMILES string of the molecule is CC(C)(C)c1csc([C@H]2CCCCN2C(=O)c2cnccn2)n1. The van der Waals surface area contributed by atoms with E-state index in [2.05, 4.69) is 36.1 Å². The lowest BCUT2D eigenvalue weighted by Crippen LogP contribution is -2.39. The molecule has 0 spiro atoms. The number of likely N-dealkylation sites (tertiary alicyclic amines) is 1. The smallest absolute Gasteiger partial charge is 0.274 e. The van der Waals surface area contributed by atoms with Crippen LogP contribution in [-0.4, -0.2) is 32.3 Å². The highest BCUT2D eigenvalue weighted by Gasteiger charge is 2.32. The van der Waals surface area contributed by atoms with Crippen molar-refractivity contribution in [2.75, 3.05) is 6.54 Å². The Morgan fingerprint density at radius 3 is 2.78 bits per heavy atom. The molecule has 1 fully saturated rings. The van der Waals surface area contributed by atoms with Gasteiger partial charge in [-0.3, -0.25) is 9.78 Å². The Morgan fingerprint density at radius 1 is 1.30 bits per heavy atom. The first-order chi connectivity index (χ1) is 11.0. The number of nitrogens with zero attached hydrogens (tertiary/aromatic N) is 4. The normalized spacial score (nSPS) is 18.9. The van der Waals surface area contributed by atoms with Gasteiger partial charge in [-0.25, -0.2) is 9.97 Å². The van der Waals surface area contributed by atoms with Crippen LogP contribution in [0.4, 0.5) is 0 Å². The minimum absolute atomic E-state index is 0.0309. The van der Waals surface area contributed by atoms with E-state index < -0.39 is 0 Å². The Kier molecular flexibility index (Phi) is 4.43. The molecule has 122 valence electrons. The summed E-state index contributed by atoms with van der Waals surface area (Å²) in [7, 11) is 0. The highest BCUT2D eigenvalue weighted by molar-refractivity contribution is 7.09. The first-order valence-electron chi connectivity index (χ1n) is 8.00. The zero-order valence-electron chi connectivity index (χ0n) is 13.8. The molecule has 2 aromatic rings. The van der Waals surface area contributed by atoms with Crippen molar-refractivity contribution >= 4 is 17.2 Å². The molecule has 1 aliphatic heterocycles. The van der Waals surface area contributed by atoms with Crippen LogP contribution in [0.3, 0.4) is 0 Å². The highest BCUT2D eigenvalue weighted by atomic mass is 32.1. The van der Waals surface area contributed by atoms with Gasteiger partial charge in [0.05, 0.1) is 17.9 Å². The summed E-state index contributed by atoms with van der Waals surface area (Å²) in [5.41, 5.74) is 1.53. The molecule has 0 bridgehead atoms. The average Bonchev–Trinajstić information content (AvgIpc) is 3.05. The number of hydrogen-bond donors (Lipinski definition) is 0. The minimum atomic E-state index is -0.0460. The van der Waals surface area contributed by atoms with Gasteiger partial charge >= 0.3 is 0 Å². The van der Waals surface area contributed by atoms with Crippen LogP contribution in [0.2, 0.25) is 0 Å². The molecule has 1 saturated heterocycles. The van der Waals surface area contributed by atoms with E-state index in [9.17, 15) is 4.79 Å². The fourth-order valence-electron chi connectivity index (χ4n) is 2.77. The molecule has 23 heavy (non-hydrogen) atoms. The van der Waals surface area contributed by atoms with E-state index in [1.54, 1.807) is 23.7 Å². The summed E-state index contributed by atoms with van der Waals surface area (Å²) in [6.45, 7) is 7.24. The number of carbonyl (C=O) groups excluding carboxylic acids is 1. The van der Waals surface area contributed by atoms with Crippen LogP contribution >= 0.6 is 11.3 Å². The maximum absolute atomic E-state index is 12.8. The lowest BCUT2D eigenvalue weighted by atomic mass is 9.93. The summed E-state index contributed by atoms with van der Waals surface area (Å²) >= 11 is 1.66. The Bertz CT molecular complexity index is 677. The molecule has 0 unspecified atom stereocenters. The number of aromatic nitrogens is 3. The van der Waals surface area contributed by atoms with Gasteiger partial charge in [0.2, 0.25) is 0 Å². The van der Waals surface area contributed by atoms with Gasteiger partial charge in [0.1, 0.15) is 10.7 Å². The van der Waals surface area contributed by atoms with Crippen molar-refractivity contribution in [1.82, 2.24) is 19.9 Å². The molecule has 1 amide bonds. The van der Waals surface area contributed by atoms with Gasteiger partial charge < -0.3 is 4.90 Å². The Morgan fingerprint density at radius 2 is 2.13 bits per heavy atom. The van der Waals surface area contributed by atoms with Crippen molar-refractivity contribution in [2.24, 2.45) is 0 Å². The predicted molar refractivity (Wildman–Crippen MR) is 90.5 cm³/mol. The van der Waals surface area contributed by atoms with E-state index in [1.165, 1.54) is 6.20 Å². The number of carbonyl (C=O) groups is 1.